The first kappa shape index (κ1) is 18.5. The van der Waals surface area contributed by atoms with Gasteiger partial charge < -0.3 is 19.5 Å². The van der Waals surface area contributed by atoms with Crippen LogP contribution in [0.15, 0.2) is 0 Å². The van der Waals surface area contributed by atoms with Gasteiger partial charge in [0.25, 0.3) is 0 Å². The number of carboxylic acids is 1. The summed E-state index contributed by atoms with van der Waals surface area (Å²) in [5, 5.41) is 9.04. The highest BCUT2D eigenvalue weighted by Crippen LogP contribution is 2.21. The number of likely N-dealkylation sites (tertiary alicyclic amines) is 1. The van der Waals surface area contributed by atoms with E-state index in [1.54, 1.807) is 25.7 Å². The number of aliphatic carboxylic acids is 1. The molecule has 0 spiro atoms. The van der Waals surface area contributed by atoms with Crippen LogP contribution in [-0.4, -0.2) is 77.4 Å². The van der Waals surface area contributed by atoms with E-state index in [4.69, 9.17) is 14.6 Å². The van der Waals surface area contributed by atoms with Gasteiger partial charge in [0, 0.05) is 19.6 Å². The molecule has 8 heteroatoms. The van der Waals surface area contributed by atoms with Crippen molar-refractivity contribution in [1.29, 1.82) is 0 Å². The second-order valence-corrected chi connectivity index (χ2v) is 7.20. The molecule has 1 unspecified atom stereocenters. The average molecular weight is 342 g/mol. The van der Waals surface area contributed by atoms with Crippen molar-refractivity contribution in [2.24, 2.45) is 5.92 Å². The minimum atomic E-state index is -0.821. The van der Waals surface area contributed by atoms with Gasteiger partial charge in [0.05, 0.1) is 19.1 Å². The summed E-state index contributed by atoms with van der Waals surface area (Å²) in [6.45, 7) is 6.90. The number of morpholine rings is 1. The molecule has 2 aliphatic rings. The van der Waals surface area contributed by atoms with Gasteiger partial charge in [0.2, 0.25) is 5.91 Å². The molecule has 8 nitrogen and oxygen atoms in total. The molecule has 0 aromatic heterocycles. The van der Waals surface area contributed by atoms with Crippen molar-refractivity contribution >= 4 is 18.0 Å². The fraction of sp³-hybridized carbons (Fsp3) is 0.812. The van der Waals surface area contributed by atoms with E-state index >= 15 is 0 Å². The molecule has 0 aromatic rings. The minimum absolute atomic E-state index is 0.136. The maximum absolute atomic E-state index is 12.8. The Hall–Kier alpha value is -1.83. The van der Waals surface area contributed by atoms with Gasteiger partial charge in [0.15, 0.2) is 0 Å². The van der Waals surface area contributed by atoms with Gasteiger partial charge >= 0.3 is 12.1 Å². The van der Waals surface area contributed by atoms with Crippen LogP contribution in [0.3, 0.4) is 0 Å². The SMILES string of the molecule is CC(C)(C)OC(=O)N1CCOCC1C(=O)N1CCC(C(=O)O)CC1. The molecule has 0 aromatic carbocycles. The molecule has 2 aliphatic heterocycles. The lowest BCUT2D eigenvalue weighted by atomic mass is 9.96. The Bertz CT molecular complexity index is 493. The van der Waals surface area contributed by atoms with Crippen LogP contribution in [0.25, 0.3) is 0 Å². The predicted octanol–water partition coefficient (Wildman–Crippen LogP) is 0.946. The van der Waals surface area contributed by atoms with E-state index in [2.05, 4.69) is 0 Å². The van der Waals surface area contributed by atoms with Gasteiger partial charge in [-0.2, -0.15) is 0 Å². The highest BCUT2D eigenvalue weighted by atomic mass is 16.6. The summed E-state index contributed by atoms with van der Waals surface area (Å²) in [4.78, 5) is 39.2. The maximum atomic E-state index is 12.8. The molecule has 1 atom stereocenters. The van der Waals surface area contributed by atoms with E-state index in [1.165, 1.54) is 4.90 Å². The number of rotatable bonds is 2. The van der Waals surface area contributed by atoms with Gasteiger partial charge in [-0.1, -0.05) is 0 Å². The zero-order valence-corrected chi connectivity index (χ0v) is 14.5. The van der Waals surface area contributed by atoms with Crippen LogP contribution < -0.4 is 0 Å². The Morgan fingerprint density at radius 1 is 1.12 bits per heavy atom. The highest BCUT2D eigenvalue weighted by Gasteiger charge is 2.39. The third kappa shape index (κ3) is 4.59. The lowest BCUT2D eigenvalue weighted by Gasteiger charge is -2.39. The predicted molar refractivity (Wildman–Crippen MR) is 84.5 cm³/mol. The smallest absolute Gasteiger partial charge is 0.411 e. The summed E-state index contributed by atoms with van der Waals surface area (Å²) in [5.41, 5.74) is -0.636. The summed E-state index contributed by atoms with van der Waals surface area (Å²) in [6.07, 6.45) is 0.340. The van der Waals surface area contributed by atoms with E-state index in [0.717, 1.165) is 0 Å². The number of hydrogen-bond acceptors (Lipinski definition) is 5. The lowest BCUT2D eigenvalue weighted by Crippen LogP contribution is -2.58. The maximum Gasteiger partial charge on any atom is 0.411 e. The van der Waals surface area contributed by atoms with E-state index in [9.17, 15) is 14.4 Å². The van der Waals surface area contributed by atoms with Gasteiger partial charge in [-0.05, 0) is 33.6 Å². The van der Waals surface area contributed by atoms with Gasteiger partial charge in [0.1, 0.15) is 11.6 Å². The van der Waals surface area contributed by atoms with Crippen molar-refractivity contribution < 1.29 is 29.0 Å². The molecular formula is C16H26N2O6. The molecule has 2 rings (SSSR count). The number of nitrogens with zero attached hydrogens (tertiary/aromatic N) is 2. The fourth-order valence-electron chi connectivity index (χ4n) is 2.90. The van der Waals surface area contributed by atoms with Crippen LogP contribution in [0.4, 0.5) is 4.79 Å². The molecule has 24 heavy (non-hydrogen) atoms. The number of hydrogen-bond donors (Lipinski definition) is 1. The molecule has 0 radical (unpaired) electrons. The van der Waals surface area contributed by atoms with Crippen molar-refractivity contribution in [1.82, 2.24) is 9.80 Å². The van der Waals surface area contributed by atoms with Crippen molar-refractivity contribution in [3.05, 3.63) is 0 Å². The largest absolute Gasteiger partial charge is 0.481 e. The zero-order valence-electron chi connectivity index (χ0n) is 14.5. The Balaban J connectivity index is 2.00. The summed E-state index contributed by atoms with van der Waals surface area (Å²) in [6, 6.07) is -0.713. The number of amides is 2. The van der Waals surface area contributed by atoms with Gasteiger partial charge in [-0.15, -0.1) is 0 Å². The number of piperidine rings is 1. The molecule has 0 saturated carbocycles. The van der Waals surface area contributed by atoms with Crippen molar-refractivity contribution in [3.8, 4) is 0 Å². The van der Waals surface area contributed by atoms with Crippen LogP contribution >= 0.6 is 0 Å². The van der Waals surface area contributed by atoms with E-state index < -0.39 is 29.6 Å². The number of carbonyl (C=O) groups excluding carboxylic acids is 2. The molecule has 2 fully saturated rings. The molecule has 0 bridgehead atoms. The molecule has 1 N–H and O–H groups in total. The van der Waals surface area contributed by atoms with Crippen LogP contribution in [-0.2, 0) is 19.1 Å². The Morgan fingerprint density at radius 3 is 2.29 bits per heavy atom. The molecule has 2 heterocycles. The topological polar surface area (TPSA) is 96.4 Å². The summed E-state index contributed by atoms with van der Waals surface area (Å²) < 4.78 is 10.7. The Labute approximate surface area is 141 Å². The first-order valence-electron chi connectivity index (χ1n) is 8.28. The van der Waals surface area contributed by atoms with Crippen molar-refractivity contribution in [2.75, 3.05) is 32.8 Å². The summed E-state index contributed by atoms with van der Waals surface area (Å²) >= 11 is 0. The third-order valence-electron chi connectivity index (χ3n) is 4.20. The quantitative estimate of drug-likeness (QED) is 0.802. The van der Waals surface area contributed by atoms with Crippen LogP contribution in [0.5, 0.6) is 0 Å². The number of carboxylic acid groups (broad SMARTS) is 1. The minimum Gasteiger partial charge on any atom is -0.481 e. The van der Waals surface area contributed by atoms with Crippen LogP contribution in [0.1, 0.15) is 33.6 Å². The number of ether oxygens (including phenoxy) is 2. The van der Waals surface area contributed by atoms with Gasteiger partial charge in [-0.3, -0.25) is 14.5 Å². The highest BCUT2D eigenvalue weighted by molar-refractivity contribution is 5.86. The Kier molecular flexibility index (Phi) is 5.69. The van der Waals surface area contributed by atoms with Crippen molar-refractivity contribution in [3.63, 3.8) is 0 Å². The third-order valence-corrected chi connectivity index (χ3v) is 4.20. The summed E-state index contributed by atoms with van der Waals surface area (Å²) in [7, 11) is 0. The Morgan fingerprint density at radius 2 is 1.75 bits per heavy atom. The zero-order chi connectivity index (χ0) is 17.9. The first-order chi connectivity index (χ1) is 11.2. The average Bonchev–Trinajstić information content (AvgIpc) is 2.52. The van der Waals surface area contributed by atoms with Crippen LogP contribution in [0.2, 0.25) is 0 Å². The lowest BCUT2D eigenvalue weighted by molar-refractivity contribution is -0.149. The first-order valence-corrected chi connectivity index (χ1v) is 8.28. The number of carbonyl (C=O) groups is 3. The summed E-state index contributed by atoms with van der Waals surface area (Å²) in [5.74, 6) is -1.43. The molecule has 2 saturated heterocycles. The molecule has 136 valence electrons. The van der Waals surface area contributed by atoms with Gasteiger partial charge in [-0.25, -0.2) is 4.79 Å². The second-order valence-electron chi connectivity index (χ2n) is 7.20. The van der Waals surface area contributed by atoms with Crippen molar-refractivity contribution in [2.45, 2.75) is 45.3 Å². The monoisotopic (exact) mass is 342 g/mol. The molecule has 2 amide bonds. The molecular weight excluding hydrogens is 316 g/mol. The van der Waals surface area contributed by atoms with Crippen LogP contribution in [0, 0.1) is 5.92 Å². The fourth-order valence-corrected chi connectivity index (χ4v) is 2.90. The van der Waals surface area contributed by atoms with E-state index in [-0.39, 0.29) is 12.5 Å². The second kappa shape index (κ2) is 7.38. The standard InChI is InChI=1S/C16H26N2O6/c1-16(2,3)24-15(22)18-8-9-23-10-12(18)13(19)17-6-4-11(5-7-17)14(20)21/h11-12H,4-10H2,1-3H3,(H,20,21). The normalized spacial score (nSPS) is 23.0. The molecule has 0 aliphatic carbocycles. The van der Waals surface area contributed by atoms with E-state index in [1.807, 2.05) is 0 Å². The van der Waals surface area contributed by atoms with E-state index in [0.29, 0.717) is 39.1 Å².